The third-order valence-corrected chi connectivity index (χ3v) is 4.37. The predicted molar refractivity (Wildman–Crippen MR) is 96.5 cm³/mol. The summed E-state index contributed by atoms with van der Waals surface area (Å²) in [5.74, 6) is -0.439. The molecule has 4 rings (SSSR count). The van der Waals surface area contributed by atoms with Gasteiger partial charge in [0.2, 0.25) is 0 Å². The van der Waals surface area contributed by atoms with Gasteiger partial charge in [-0.15, -0.1) is 0 Å². The Labute approximate surface area is 153 Å². The number of aromatic amines is 1. The fraction of sp³-hybridized carbons (Fsp3) is 0.105. The highest BCUT2D eigenvalue weighted by Crippen LogP contribution is 2.36. The minimum Gasteiger partial charge on any atom is -0.504 e. The van der Waals surface area contributed by atoms with Crippen molar-refractivity contribution in [3.63, 3.8) is 0 Å². The Balaban J connectivity index is 1.50. The number of carbonyl (C=O) groups excluding carboxylic acids is 1. The second kappa shape index (κ2) is 6.56. The van der Waals surface area contributed by atoms with Crippen LogP contribution in [0.5, 0.6) is 11.5 Å². The summed E-state index contributed by atoms with van der Waals surface area (Å²) in [6.45, 7) is 0. The second-order valence-electron chi connectivity index (χ2n) is 6.03. The molecule has 3 aromatic rings. The molecule has 7 nitrogen and oxygen atoms in total. The first-order valence-corrected chi connectivity index (χ1v) is 8.13. The van der Waals surface area contributed by atoms with Gasteiger partial charge in [0.1, 0.15) is 11.5 Å². The van der Waals surface area contributed by atoms with Crippen molar-refractivity contribution in [2.24, 2.45) is 5.10 Å². The number of phenolic OH excluding ortho intramolecular Hbond substituents is 1. The number of carbonyl (C=O) groups is 1. The first-order chi connectivity index (χ1) is 13.1. The van der Waals surface area contributed by atoms with Gasteiger partial charge in [0.05, 0.1) is 19.0 Å². The van der Waals surface area contributed by atoms with Gasteiger partial charge >= 0.3 is 0 Å². The number of aromatic nitrogens is 2. The van der Waals surface area contributed by atoms with Crippen LogP contribution in [0.25, 0.3) is 11.3 Å². The number of hydrazone groups is 1. The van der Waals surface area contributed by atoms with E-state index in [1.165, 1.54) is 31.5 Å². The molecular weight excluding hydrogens is 351 g/mol. The van der Waals surface area contributed by atoms with E-state index in [0.717, 1.165) is 16.7 Å². The zero-order chi connectivity index (χ0) is 19.0. The molecule has 0 spiro atoms. The van der Waals surface area contributed by atoms with E-state index in [2.05, 4.69) is 20.7 Å². The lowest BCUT2D eigenvalue weighted by Gasteiger charge is -2.03. The molecule has 136 valence electrons. The average molecular weight is 366 g/mol. The molecule has 3 N–H and O–H groups in total. The van der Waals surface area contributed by atoms with Gasteiger partial charge in [-0.2, -0.15) is 10.2 Å². The van der Waals surface area contributed by atoms with Crippen molar-refractivity contribution in [3.05, 3.63) is 64.6 Å². The Hall–Kier alpha value is -3.68. The van der Waals surface area contributed by atoms with Gasteiger partial charge in [0.15, 0.2) is 11.5 Å². The molecule has 0 radical (unpaired) electrons. The number of halogens is 1. The molecule has 2 aromatic carbocycles. The highest BCUT2D eigenvalue weighted by molar-refractivity contribution is 5.97. The molecule has 0 atom stereocenters. The number of aromatic hydroxyl groups is 1. The Bertz CT molecular complexity index is 1070. The van der Waals surface area contributed by atoms with E-state index >= 15 is 0 Å². The maximum absolute atomic E-state index is 13.4. The van der Waals surface area contributed by atoms with Gasteiger partial charge in [0, 0.05) is 17.5 Å². The van der Waals surface area contributed by atoms with Gasteiger partial charge in [-0.1, -0.05) is 0 Å². The summed E-state index contributed by atoms with van der Waals surface area (Å²) >= 11 is 0. The quantitative estimate of drug-likeness (QED) is 0.382. The maximum Gasteiger partial charge on any atom is 0.289 e. The Kier molecular flexibility index (Phi) is 4.08. The van der Waals surface area contributed by atoms with Crippen LogP contribution in [0.1, 0.15) is 27.2 Å². The molecule has 0 saturated carbocycles. The van der Waals surface area contributed by atoms with Gasteiger partial charge in [-0.05, 0) is 47.5 Å². The lowest BCUT2D eigenvalue weighted by atomic mass is 10.1. The molecular formula is C19H15FN4O3. The fourth-order valence-corrected chi connectivity index (χ4v) is 3.07. The third kappa shape index (κ3) is 3.01. The molecule has 27 heavy (non-hydrogen) atoms. The molecule has 1 heterocycles. The summed E-state index contributed by atoms with van der Waals surface area (Å²) in [5, 5.41) is 20.4. The standard InChI is InChI=1S/C19H15FN4O3/c1-27-16-6-10(2-5-15(16)25)9-21-24-19(26)18-14-8-11-7-12(20)3-4-13(11)17(14)22-23-18/h2-7,9,25H,8H2,1H3,(H,22,23)(H,24,26)/b21-9+. The lowest BCUT2D eigenvalue weighted by molar-refractivity contribution is 0.0949. The minimum absolute atomic E-state index is 0.0164. The minimum atomic E-state index is -0.445. The van der Waals surface area contributed by atoms with Crippen LogP contribution in [-0.2, 0) is 6.42 Å². The summed E-state index contributed by atoms with van der Waals surface area (Å²) in [7, 11) is 1.44. The molecule has 1 aliphatic carbocycles. The van der Waals surface area contributed by atoms with Crippen LogP contribution in [0.3, 0.4) is 0 Å². The van der Waals surface area contributed by atoms with Crippen LogP contribution < -0.4 is 10.2 Å². The van der Waals surface area contributed by atoms with Crippen LogP contribution in [0, 0.1) is 5.82 Å². The maximum atomic E-state index is 13.4. The van der Waals surface area contributed by atoms with E-state index in [1.807, 2.05) is 0 Å². The second-order valence-corrected chi connectivity index (χ2v) is 6.03. The van der Waals surface area contributed by atoms with Crippen LogP contribution in [-0.4, -0.2) is 34.5 Å². The van der Waals surface area contributed by atoms with E-state index in [4.69, 9.17) is 4.74 Å². The topological polar surface area (TPSA) is 99.6 Å². The monoisotopic (exact) mass is 366 g/mol. The van der Waals surface area contributed by atoms with Gasteiger partial charge in [-0.25, -0.2) is 9.82 Å². The number of amides is 1. The molecule has 0 fully saturated rings. The summed E-state index contributed by atoms with van der Waals surface area (Å²) < 4.78 is 18.4. The van der Waals surface area contributed by atoms with Crippen molar-refractivity contribution >= 4 is 12.1 Å². The number of methoxy groups -OCH3 is 1. The zero-order valence-corrected chi connectivity index (χ0v) is 14.3. The van der Waals surface area contributed by atoms with Gasteiger partial charge in [0.25, 0.3) is 5.91 Å². The smallest absolute Gasteiger partial charge is 0.289 e. The van der Waals surface area contributed by atoms with Crippen molar-refractivity contribution in [3.8, 4) is 22.8 Å². The molecule has 8 heteroatoms. The molecule has 1 aromatic heterocycles. The van der Waals surface area contributed by atoms with E-state index in [0.29, 0.717) is 29.1 Å². The van der Waals surface area contributed by atoms with Crippen molar-refractivity contribution in [1.82, 2.24) is 15.6 Å². The predicted octanol–water partition coefficient (Wildman–Crippen LogP) is 2.60. The van der Waals surface area contributed by atoms with Crippen LogP contribution in [0.15, 0.2) is 41.5 Å². The molecule has 0 bridgehead atoms. The first kappa shape index (κ1) is 16.8. The number of fused-ring (bicyclic) bond motifs is 3. The SMILES string of the molecule is COc1cc(/C=N/NC(=O)c2[nH]nc3c2Cc2cc(F)ccc2-3)ccc1O. The number of rotatable bonds is 4. The van der Waals surface area contributed by atoms with Crippen LogP contribution in [0.4, 0.5) is 4.39 Å². The number of hydrogen-bond donors (Lipinski definition) is 3. The fourth-order valence-electron chi connectivity index (χ4n) is 3.07. The summed E-state index contributed by atoms with van der Waals surface area (Å²) in [4.78, 5) is 12.4. The number of nitrogens with one attached hydrogen (secondary N) is 2. The molecule has 0 aliphatic heterocycles. The zero-order valence-electron chi connectivity index (χ0n) is 14.3. The largest absolute Gasteiger partial charge is 0.504 e. The third-order valence-electron chi connectivity index (χ3n) is 4.37. The van der Waals surface area contributed by atoms with Crippen LogP contribution in [0.2, 0.25) is 0 Å². The molecule has 1 aliphatic rings. The normalized spacial score (nSPS) is 12.1. The average Bonchev–Trinajstić information content (AvgIpc) is 3.21. The van der Waals surface area contributed by atoms with E-state index in [9.17, 15) is 14.3 Å². The summed E-state index contributed by atoms with van der Waals surface area (Å²) in [6.07, 6.45) is 1.86. The first-order valence-electron chi connectivity index (χ1n) is 8.13. The van der Waals surface area contributed by atoms with Crippen molar-refractivity contribution in [2.45, 2.75) is 6.42 Å². The van der Waals surface area contributed by atoms with Crippen molar-refractivity contribution in [2.75, 3.05) is 7.11 Å². The number of benzene rings is 2. The number of ether oxygens (including phenoxy) is 1. The number of H-pyrrole nitrogens is 1. The molecule has 0 unspecified atom stereocenters. The van der Waals surface area contributed by atoms with E-state index in [-0.39, 0.29) is 11.6 Å². The summed E-state index contributed by atoms with van der Waals surface area (Å²) in [5.41, 5.74) is 6.36. The Morgan fingerprint density at radius 3 is 3.04 bits per heavy atom. The number of phenols is 1. The van der Waals surface area contributed by atoms with Crippen molar-refractivity contribution < 1.29 is 19.0 Å². The highest BCUT2D eigenvalue weighted by atomic mass is 19.1. The summed E-state index contributed by atoms with van der Waals surface area (Å²) in [6, 6.07) is 9.18. The molecule has 0 saturated heterocycles. The molecule has 1 amide bonds. The van der Waals surface area contributed by atoms with Gasteiger partial charge in [-0.3, -0.25) is 9.89 Å². The number of hydrogen-bond acceptors (Lipinski definition) is 5. The van der Waals surface area contributed by atoms with Crippen molar-refractivity contribution in [1.29, 1.82) is 0 Å². The Morgan fingerprint density at radius 2 is 2.22 bits per heavy atom. The lowest BCUT2D eigenvalue weighted by Crippen LogP contribution is -2.19. The van der Waals surface area contributed by atoms with E-state index < -0.39 is 5.91 Å². The van der Waals surface area contributed by atoms with Crippen LogP contribution >= 0.6 is 0 Å². The van der Waals surface area contributed by atoms with Gasteiger partial charge < -0.3 is 9.84 Å². The Morgan fingerprint density at radius 1 is 1.37 bits per heavy atom. The van der Waals surface area contributed by atoms with E-state index in [1.54, 1.807) is 18.2 Å². The number of nitrogens with zero attached hydrogens (tertiary/aromatic N) is 2. The highest BCUT2D eigenvalue weighted by Gasteiger charge is 2.27.